The van der Waals surface area contributed by atoms with E-state index < -0.39 is 104 Å². The fourth-order valence-corrected chi connectivity index (χ4v) is 8.78. The number of phenolic OH excluding ortho intramolecular Hbond substituents is 1. The fourth-order valence-electron chi connectivity index (χ4n) is 7.84. The Labute approximate surface area is 290 Å². The Morgan fingerprint density at radius 2 is 1.48 bits per heavy atom. The molecule has 8 nitrogen and oxygen atoms in total. The third-order valence-electron chi connectivity index (χ3n) is 10.1. The molecule has 3 aromatic carbocycles. The molecule has 0 spiro atoms. The van der Waals surface area contributed by atoms with Crippen molar-refractivity contribution in [3.8, 4) is 11.5 Å². The number of amides is 4. The molecule has 0 aromatic heterocycles. The number of methoxy groups -OCH3 is 1. The average Bonchev–Trinajstić information content (AvgIpc) is 3.44. The second kappa shape index (κ2) is 11.4. The molecule has 4 amide bonds. The molecule has 4 aliphatic rings. The van der Waals surface area contributed by atoms with E-state index in [-0.39, 0.29) is 33.9 Å². The van der Waals surface area contributed by atoms with Gasteiger partial charge in [-0.15, -0.1) is 23.2 Å². The Balaban J connectivity index is 1.42. The zero-order valence-electron chi connectivity index (χ0n) is 25.7. The number of hydrogen-bond acceptors (Lipinski definition) is 6. The Kier molecular flexibility index (Phi) is 7.68. The first kappa shape index (κ1) is 33.7. The van der Waals surface area contributed by atoms with E-state index in [0.29, 0.717) is 0 Å². The number of phenols is 1. The Morgan fingerprint density at radius 3 is 2.06 bits per heavy atom. The summed E-state index contributed by atoms with van der Waals surface area (Å²) in [5.74, 6) is -22.0. The second-order valence-electron chi connectivity index (χ2n) is 12.4. The van der Waals surface area contributed by atoms with E-state index in [1.54, 1.807) is 36.4 Å². The predicted octanol–water partition coefficient (Wildman–Crippen LogP) is 6.51. The van der Waals surface area contributed by atoms with Crippen LogP contribution in [0, 0.1) is 46.8 Å². The van der Waals surface area contributed by atoms with Crippen LogP contribution in [0.5, 0.6) is 11.5 Å². The minimum Gasteiger partial charge on any atom is -0.504 e. The summed E-state index contributed by atoms with van der Waals surface area (Å²) in [7, 11) is 1.27. The highest BCUT2D eigenvalue weighted by Crippen LogP contribution is 2.66. The number of rotatable bonds is 5. The number of carbonyl (C=O) groups is 4. The molecule has 2 aliphatic carbocycles. The minimum absolute atomic E-state index is 0.00825. The predicted molar refractivity (Wildman–Crippen MR) is 170 cm³/mol. The van der Waals surface area contributed by atoms with Crippen LogP contribution in [0.2, 0.25) is 0 Å². The maximum absolute atomic E-state index is 15.2. The Bertz CT molecular complexity index is 2080. The molecule has 0 radical (unpaired) electrons. The minimum atomic E-state index is -2.71. The number of aromatic hydroxyl groups is 1. The van der Waals surface area contributed by atoms with Crippen LogP contribution in [0.25, 0.3) is 6.08 Å². The van der Waals surface area contributed by atoms with Crippen molar-refractivity contribution in [1.82, 2.24) is 0 Å². The third-order valence-corrected chi connectivity index (χ3v) is 11.6. The quantitative estimate of drug-likeness (QED) is 0.0802. The van der Waals surface area contributed by atoms with Crippen LogP contribution in [0.4, 0.5) is 33.3 Å². The monoisotopic (exact) mass is 732 g/mol. The number of alkyl halides is 2. The van der Waals surface area contributed by atoms with Crippen LogP contribution in [0.15, 0.2) is 60.7 Å². The van der Waals surface area contributed by atoms with Crippen molar-refractivity contribution in [2.24, 2.45) is 17.8 Å². The van der Waals surface area contributed by atoms with E-state index in [1.807, 2.05) is 0 Å². The molecule has 0 bridgehead atoms. The van der Waals surface area contributed by atoms with Gasteiger partial charge in [-0.1, -0.05) is 42.5 Å². The van der Waals surface area contributed by atoms with Crippen molar-refractivity contribution in [3.05, 3.63) is 101 Å². The van der Waals surface area contributed by atoms with Crippen LogP contribution in [0.3, 0.4) is 0 Å². The van der Waals surface area contributed by atoms with Gasteiger partial charge in [0.05, 0.1) is 24.6 Å². The highest BCUT2D eigenvalue weighted by molar-refractivity contribution is 6.58. The number of ether oxygens (including phenoxy) is 1. The highest BCUT2D eigenvalue weighted by atomic mass is 35.5. The molecular weight excluding hydrogens is 710 g/mol. The van der Waals surface area contributed by atoms with E-state index in [0.717, 1.165) is 16.5 Å². The maximum Gasteiger partial charge on any atom is 0.258 e. The van der Waals surface area contributed by atoms with Crippen molar-refractivity contribution in [2.75, 3.05) is 16.9 Å². The number of carbonyl (C=O) groups excluding carboxylic acids is 4. The molecule has 2 aliphatic heterocycles. The molecule has 3 fully saturated rings. The zero-order valence-corrected chi connectivity index (χ0v) is 27.2. The maximum atomic E-state index is 15.2. The lowest BCUT2D eigenvalue weighted by atomic mass is 9.56. The van der Waals surface area contributed by atoms with Crippen LogP contribution in [-0.2, 0) is 19.2 Å². The van der Waals surface area contributed by atoms with Crippen molar-refractivity contribution in [3.63, 3.8) is 0 Å². The molecule has 1 saturated carbocycles. The van der Waals surface area contributed by atoms with E-state index in [2.05, 4.69) is 6.58 Å². The second-order valence-corrected chi connectivity index (χ2v) is 13.7. The van der Waals surface area contributed by atoms with Crippen molar-refractivity contribution in [2.45, 2.75) is 28.5 Å². The summed E-state index contributed by atoms with van der Waals surface area (Å²) in [6.45, 7) is 3.69. The summed E-state index contributed by atoms with van der Waals surface area (Å²) in [5.41, 5.74) is -0.624. The largest absolute Gasteiger partial charge is 0.504 e. The number of halogens is 7. The summed E-state index contributed by atoms with van der Waals surface area (Å²) in [4.78, 5) is 51.9. The highest BCUT2D eigenvalue weighted by Gasteiger charge is 2.77. The van der Waals surface area contributed by atoms with Crippen LogP contribution < -0.4 is 14.5 Å². The number of benzene rings is 3. The van der Waals surface area contributed by atoms with Gasteiger partial charge in [0.2, 0.25) is 17.6 Å². The number of imide groups is 2. The van der Waals surface area contributed by atoms with E-state index in [1.165, 1.54) is 19.2 Å². The first-order valence-electron chi connectivity index (χ1n) is 15.1. The lowest BCUT2D eigenvalue weighted by molar-refractivity contribution is -0.125. The summed E-state index contributed by atoms with van der Waals surface area (Å²) >= 11 is 14.2. The van der Waals surface area contributed by atoms with Gasteiger partial charge in [-0.3, -0.25) is 24.1 Å². The van der Waals surface area contributed by atoms with Gasteiger partial charge in [0, 0.05) is 5.92 Å². The first-order chi connectivity index (χ1) is 23.6. The van der Waals surface area contributed by atoms with Crippen molar-refractivity contribution >= 4 is 64.3 Å². The lowest BCUT2D eigenvalue weighted by Crippen LogP contribution is -2.60. The molecule has 50 heavy (non-hydrogen) atoms. The van der Waals surface area contributed by atoms with Crippen LogP contribution >= 0.6 is 23.2 Å². The molecule has 15 heteroatoms. The zero-order chi connectivity index (χ0) is 36.2. The summed E-state index contributed by atoms with van der Waals surface area (Å²) in [5, 5.41) is 10.7. The normalized spacial score (nSPS) is 28.8. The smallest absolute Gasteiger partial charge is 0.258 e. The first-order valence-corrected chi connectivity index (χ1v) is 15.8. The van der Waals surface area contributed by atoms with Gasteiger partial charge in [0.25, 0.3) is 11.8 Å². The average molecular weight is 733 g/mol. The number of nitrogens with zero attached hydrogens (tertiary/aromatic N) is 2. The fraction of sp³-hybridized carbons (Fsp3) is 0.257. The number of hydrogen-bond donors (Lipinski definition) is 1. The van der Waals surface area contributed by atoms with Gasteiger partial charge in [-0.2, -0.15) is 0 Å². The Morgan fingerprint density at radius 1 is 0.860 bits per heavy atom. The molecule has 7 rings (SSSR count). The van der Waals surface area contributed by atoms with Gasteiger partial charge >= 0.3 is 0 Å². The number of anilines is 2. The summed E-state index contributed by atoms with van der Waals surface area (Å²) < 4.78 is 78.4. The van der Waals surface area contributed by atoms with Gasteiger partial charge in [-0.25, -0.2) is 26.9 Å². The summed E-state index contributed by atoms with van der Waals surface area (Å²) in [6.07, 6.45) is 2.45. The standard InChI is InChI=1S/C35H23Cl2F5N2O6/c1-3-14-4-7-16(8-5-14)43-30(46)18-10-9-17-19(22(18)31(43)47)13-34(36)32(48)44(29-27(41)25(39)24(38)26(40)28(29)42)33(49)35(34,37)23(17)15-6-11-21(50-2)20(45)12-15/h3-9,11-12,18-19,22-23,45H,1,10,13H2,2H3/t18-,19+,22-,23-,34+,35-/m0/s1. The number of allylic oxidation sites excluding steroid dienone is 2. The summed E-state index contributed by atoms with van der Waals surface area (Å²) in [6, 6.07) is 10.2. The number of fused-ring (bicyclic) bond motifs is 4. The van der Waals surface area contributed by atoms with Gasteiger partial charge < -0.3 is 9.84 Å². The topological polar surface area (TPSA) is 104 Å². The van der Waals surface area contributed by atoms with Crippen molar-refractivity contribution < 1.29 is 51.0 Å². The molecule has 2 heterocycles. The molecule has 6 atom stereocenters. The van der Waals surface area contributed by atoms with E-state index in [4.69, 9.17) is 27.9 Å². The lowest BCUT2D eigenvalue weighted by Gasteiger charge is -2.50. The van der Waals surface area contributed by atoms with Gasteiger partial charge in [0.1, 0.15) is 5.69 Å². The van der Waals surface area contributed by atoms with Gasteiger partial charge in [0.15, 0.2) is 44.5 Å². The molecule has 3 aromatic rings. The molecular formula is C35H23Cl2F5N2O6. The van der Waals surface area contributed by atoms with E-state index >= 15 is 8.78 Å². The van der Waals surface area contributed by atoms with Gasteiger partial charge in [-0.05, 0) is 54.2 Å². The third kappa shape index (κ3) is 4.22. The SMILES string of the molecule is C=Cc1ccc(N2C(=O)[C@H]3[C@H](CC=C4[C@H]3C[C@@]3(Cl)C(=O)N(c5c(F)c(F)c(F)c(F)c5F)C(=O)[C@@]3(Cl)[C@H]4c3ccc(OC)c(O)c3)C2=O)cc1. The van der Waals surface area contributed by atoms with E-state index in [9.17, 15) is 37.5 Å². The van der Waals surface area contributed by atoms with Crippen LogP contribution in [-0.4, -0.2) is 45.6 Å². The Hall–Kier alpha value is -4.75. The molecule has 1 N–H and O–H groups in total. The van der Waals surface area contributed by atoms with Crippen molar-refractivity contribution in [1.29, 1.82) is 0 Å². The molecule has 2 saturated heterocycles. The molecule has 258 valence electrons. The van der Waals surface area contributed by atoms with Crippen LogP contribution in [0.1, 0.15) is 29.9 Å². The molecule has 0 unspecified atom stereocenters.